The molecule has 0 aromatic carbocycles. The number of carboxylic acid groups (broad SMARTS) is 1. The van der Waals surface area contributed by atoms with Gasteiger partial charge in [-0.3, -0.25) is 9.48 Å². The highest BCUT2D eigenvalue weighted by Gasteiger charge is 2.25. The Kier molecular flexibility index (Phi) is 4.52. The third-order valence-electron chi connectivity index (χ3n) is 3.26. The van der Waals surface area contributed by atoms with Crippen LogP contribution in [0.4, 0.5) is 10.5 Å². The van der Waals surface area contributed by atoms with E-state index in [1.54, 1.807) is 11.9 Å². The van der Waals surface area contributed by atoms with Crippen LogP contribution in [0.2, 0.25) is 0 Å². The maximum Gasteiger partial charge on any atom is 0.325 e. The van der Waals surface area contributed by atoms with Crippen molar-refractivity contribution in [2.75, 3.05) is 12.4 Å². The number of anilines is 1. The summed E-state index contributed by atoms with van der Waals surface area (Å²) in [5.41, 5.74) is 0.228. The number of carbonyl (C=O) groups is 2. The zero-order chi connectivity index (χ0) is 14.6. The Bertz CT molecular complexity index is 467. The van der Waals surface area contributed by atoms with Gasteiger partial charge in [-0.05, 0) is 20.3 Å². The number of carboxylic acids is 1. The second-order valence-electron chi connectivity index (χ2n) is 4.98. The number of carbonyl (C=O) groups excluding carboxylic acids is 1. The molecular formula is C12H20N4O3. The van der Waals surface area contributed by atoms with Crippen LogP contribution in [0, 0.1) is 0 Å². The highest BCUT2D eigenvalue weighted by molar-refractivity contribution is 5.89. The third-order valence-corrected chi connectivity index (χ3v) is 3.26. The van der Waals surface area contributed by atoms with Crippen molar-refractivity contribution in [3.05, 3.63) is 12.4 Å². The number of aromatic nitrogens is 2. The van der Waals surface area contributed by atoms with Crippen LogP contribution in [-0.4, -0.2) is 44.4 Å². The minimum atomic E-state index is -0.981. The van der Waals surface area contributed by atoms with Crippen LogP contribution in [-0.2, 0) is 11.3 Å². The topological polar surface area (TPSA) is 87.5 Å². The molecule has 0 aliphatic rings. The smallest absolute Gasteiger partial charge is 0.325 e. The van der Waals surface area contributed by atoms with Crippen molar-refractivity contribution in [3.63, 3.8) is 0 Å². The zero-order valence-electron chi connectivity index (χ0n) is 11.7. The molecule has 19 heavy (non-hydrogen) atoms. The number of rotatable bonds is 5. The molecule has 1 rings (SSSR count). The van der Waals surface area contributed by atoms with Crippen LogP contribution in [0.3, 0.4) is 0 Å². The van der Waals surface area contributed by atoms with E-state index in [-0.39, 0.29) is 18.1 Å². The summed E-state index contributed by atoms with van der Waals surface area (Å²) in [5, 5.41) is 15.2. The summed E-state index contributed by atoms with van der Waals surface area (Å²) in [6.45, 7) is 5.72. The molecule has 0 bridgehead atoms. The molecule has 7 heteroatoms. The number of amides is 2. The van der Waals surface area contributed by atoms with Gasteiger partial charge in [-0.1, -0.05) is 6.92 Å². The largest absolute Gasteiger partial charge is 0.480 e. The lowest BCUT2D eigenvalue weighted by molar-refractivity contribution is -0.137. The van der Waals surface area contributed by atoms with Crippen molar-refractivity contribution in [3.8, 4) is 0 Å². The number of hydrogen-bond donors (Lipinski definition) is 2. The minimum Gasteiger partial charge on any atom is -0.480 e. The van der Waals surface area contributed by atoms with E-state index in [2.05, 4.69) is 10.4 Å². The summed E-state index contributed by atoms with van der Waals surface area (Å²) in [4.78, 5) is 24.1. The molecule has 0 aliphatic carbocycles. The Morgan fingerprint density at radius 3 is 2.68 bits per heavy atom. The van der Waals surface area contributed by atoms with Crippen LogP contribution in [0.25, 0.3) is 0 Å². The molecular weight excluding hydrogens is 248 g/mol. The van der Waals surface area contributed by atoms with Gasteiger partial charge in [-0.15, -0.1) is 0 Å². The van der Waals surface area contributed by atoms with Gasteiger partial charge in [0.1, 0.15) is 6.54 Å². The highest BCUT2D eigenvalue weighted by atomic mass is 16.4. The van der Waals surface area contributed by atoms with Gasteiger partial charge in [0.15, 0.2) is 0 Å². The molecule has 0 saturated carbocycles. The molecule has 2 amide bonds. The van der Waals surface area contributed by atoms with Crippen LogP contribution in [0.15, 0.2) is 12.4 Å². The molecule has 1 heterocycles. The van der Waals surface area contributed by atoms with Gasteiger partial charge in [-0.25, -0.2) is 4.79 Å². The van der Waals surface area contributed by atoms with Gasteiger partial charge in [0.25, 0.3) is 0 Å². The predicted molar refractivity (Wildman–Crippen MR) is 71.0 cm³/mol. The van der Waals surface area contributed by atoms with E-state index in [9.17, 15) is 9.59 Å². The third kappa shape index (κ3) is 3.97. The molecule has 0 atom stereocenters. The monoisotopic (exact) mass is 268 g/mol. The maximum absolute atomic E-state index is 12.0. The SMILES string of the molecule is CCC(C)(C)N(C)C(=O)Nc1cnn(CC(=O)O)c1. The van der Waals surface area contributed by atoms with Gasteiger partial charge < -0.3 is 15.3 Å². The van der Waals surface area contributed by atoms with E-state index in [0.717, 1.165) is 6.42 Å². The van der Waals surface area contributed by atoms with E-state index in [1.165, 1.54) is 17.1 Å². The summed E-state index contributed by atoms with van der Waals surface area (Å²) < 4.78 is 1.25. The molecule has 106 valence electrons. The average Bonchev–Trinajstić information content (AvgIpc) is 2.74. The fourth-order valence-electron chi connectivity index (χ4n) is 1.37. The van der Waals surface area contributed by atoms with Crippen molar-refractivity contribution in [1.82, 2.24) is 14.7 Å². The van der Waals surface area contributed by atoms with Gasteiger partial charge in [0.2, 0.25) is 0 Å². The molecule has 0 fully saturated rings. The normalized spacial score (nSPS) is 11.2. The maximum atomic E-state index is 12.0. The number of aliphatic carboxylic acids is 1. The number of nitrogens with zero attached hydrogens (tertiary/aromatic N) is 3. The molecule has 7 nitrogen and oxygen atoms in total. The van der Waals surface area contributed by atoms with Crippen molar-refractivity contribution in [2.45, 2.75) is 39.3 Å². The molecule has 2 N–H and O–H groups in total. The van der Waals surface area contributed by atoms with Gasteiger partial charge in [0, 0.05) is 18.8 Å². The lowest BCUT2D eigenvalue weighted by Gasteiger charge is -2.34. The Balaban J connectivity index is 2.67. The molecule has 0 radical (unpaired) electrons. The first kappa shape index (κ1) is 15.0. The number of urea groups is 1. The molecule has 1 aromatic heterocycles. The lowest BCUT2D eigenvalue weighted by atomic mass is 10.0. The summed E-state index contributed by atoms with van der Waals surface area (Å²) in [6, 6.07) is -0.248. The van der Waals surface area contributed by atoms with Gasteiger partial charge in [-0.2, -0.15) is 5.10 Å². The molecule has 0 aliphatic heterocycles. The fourth-order valence-corrected chi connectivity index (χ4v) is 1.37. The van der Waals surface area contributed by atoms with E-state index in [0.29, 0.717) is 5.69 Å². The first-order valence-electron chi connectivity index (χ1n) is 6.05. The van der Waals surface area contributed by atoms with E-state index < -0.39 is 5.97 Å². The molecule has 0 saturated heterocycles. The van der Waals surface area contributed by atoms with E-state index in [4.69, 9.17) is 5.11 Å². The first-order chi connectivity index (χ1) is 8.76. The summed E-state index contributed by atoms with van der Waals surface area (Å²) >= 11 is 0. The summed E-state index contributed by atoms with van der Waals surface area (Å²) in [6.07, 6.45) is 3.74. The van der Waals surface area contributed by atoms with Crippen molar-refractivity contribution < 1.29 is 14.7 Å². The Hall–Kier alpha value is -2.05. The molecule has 1 aromatic rings. The molecule has 0 spiro atoms. The van der Waals surface area contributed by atoms with Gasteiger partial charge >= 0.3 is 12.0 Å². The van der Waals surface area contributed by atoms with E-state index >= 15 is 0 Å². The van der Waals surface area contributed by atoms with E-state index in [1.807, 2.05) is 20.8 Å². The zero-order valence-corrected chi connectivity index (χ0v) is 11.7. The Morgan fingerprint density at radius 1 is 1.53 bits per heavy atom. The second kappa shape index (κ2) is 5.73. The Morgan fingerprint density at radius 2 is 2.16 bits per heavy atom. The van der Waals surface area contributed by atoms with Crippen LogP contribution in [0.5, 0.6) is 0 Å². The number of hydrogen-bond acceptors (Lipinski definition) is 3. The summed E-state index contributed by atoms with van der Waals surface area (Å²) in [7, 11) is 1.72. The quantitative estimate of drug-likeness (QED) is 0.849. The van der Waals surface area contributed by atoms with Crippen molar-refractivity contribution >= 4 is 17.7 Å². The molecule has 0 unspecified atom stereocenters. The van der Waals surface area contributed by atoms with Crippen molar-refractivity contribution in [1.29, 1.82) is 0 Å². The first-order valence-corrected chi connectivity index (χ1v) is 6.05. The number of nitrogens with one attached hydrogen (secondary N) is 1. The Labute approximate surface area is 112 Å². The van der Waals surface area contributed by atoms with Gasteiger partial charge in [0.05, 0.1) is 11.9 Å². The highest BCUT2D eigenvalue weighted by Crippen LogP contribution is 2.17. The summed E-state index contributed by atoms with van der Waals surface area (Å²) in [5.74, 6) is -0.981. The van der Waals surface area contributed by atoms with Crippen LogP contribution in [0.1, 0.15) is 27.2 Å². The minimum absolute atomic E-state index is 0.230. The fraction of sp³-hybridized carbons (Fsp3) is 0.583. The average molecular weight is 268 g/mol. The second-order valence-corrected chi connectivity index (χ2v) is 4.98. The standard InChI is InChI=1S/C12H20N4O3/c1-5-12(2,3)15(4)11(19)14-9-6-13-16(7-9)8-10(17)18/h6-7H,5,8H2,1-4H3,(H,14,19)(H,17,18). The van der Waals surface area contributed by atoms with Crippen LogP contribution >= 0.6 is 0 Å². The predicted octanol–water partition coefficient (Wildman–Crippen LogP) is 1.62. The van der Waals surface area contributed by atoms with Crippen LogP contribution < -0.4 is 5.32 Å². The van der Waals surface area contributed by atoms with Crippen molar-refractivity contribution in [2.24, 2.45) is 0 Å². The lowest BCUT2D eigenvalue weighted by Crippen LogP contribution is -2.46.